The summed E-state index contributed by atoms with van der Waals surface area (Å²) in [5.74, 6) is -6.56. The normalized spacial score (nSPS) is 15.8. The van der Waals surface area contributed by atoms with Gasteiger partial charge in [0.25, 0.3) is 5.91 Å². The molecule has 0 aliphatic heterocycles. The van der Waals surface area contributed by atoms with E-state index >= 15 is 0 Å². The number of rotatable bonds is 35. The first-order valence-electron chi connectivity index (χ1n) is 28.9. The van der Waals surface area contributed by atoms with Crippen LogP contribution in [0.15, 0.2) is 11.8 Å². The van der Waals surface area contributed by atoms with Gasteiger partial charge in [0, 0.05) is 62.2 Å². The zero-order valence-electron chi connectivity index (χ0n) is 53.8. The van der Waals surface area contributed by atoms with E-state index < -0.39 is 107 Å². The largest absolute Gasteiger partial charge is 0.357 e. The van der Waals surface area contributed by atoms with Crippen molar-refractivity contribution >= 4 is 72.1 Å². The molecule has 9 atom stereocenters. The fourth-order valence-electron chi connectivity index (χ4n) is 9.99. The topological polar surface area (TPSA) is 284 Å². The number of carbonyl (C=O) groups excluding carboxylic acids is 12. The molecule has 0 bridgehead atoms. The summed E-state index contributed by atoms with van der Waals surface area (Å²) in [7, 11) is 9.98. The van der Waals surface area contributed by atoms with Gasteiger partial charge < -0.3 is 55.5 Å². The van der Waals surface area contributed by atoms with E-state index in [-0.39, 0.29) is 73.3 Å². The lowest BCUT2D eigenvalue weighted by Gasteiger charge is -2.44. The number of hydrogen-bond donors (Lipinski definition) is 5. The molecule has 0 aromatic rings. The number of aldehydes is 3. The van der Waals surface area contributed by atoms with Gasteiger partial charge in [-0.3, -0.25) is 53.3 Å². The average molecular weight is 1160 g/mol. The summed E-state index contributed by atoms with van der Waals surface area (Å²) in [5, 5.41) is 13.7. The minimum absolute atomic E-state index is 0.00306. The third kappa shape index (κ3) is 21.2. The van der Waals surface area contributed by atoms with Crippen LogP contribution in [0.5, 0.6) is 0 Å². The Morgan fingerprint density at radius 2 is 1.11 bits per heavy atom. The van der Waals surface area contributed by atoms with Crippen LogP contribution in [0.1, 0.15) is 156 Å². The van der Waals surface area contributed by atoms with Crippen LogP contribution in [0.4, 0.5) is 4.79 Å². The number of nitrogens with zero attached hydrogens (tertiary/aromatic N) is 6. The molecule has 5 N–H and O–H groups in total. The quantitative estimate of drug-likeness (QED) is 0.0342. The lowest BCUT2D eigenvalue weighted by molar-refractivity contribution is -0.151. The van der Waals surface area contributed by atoms with Gasteiger partial charge in [0.15, 0.2) is 23.9 Å². The highest BCUT2D eigenvalue weighted by atomic mass is 16.2. The van der Waals surface area contributed by atoms with Gasteiger partial charge in [0.2, 0.25) is 41.4 Å². The molecule has 82 heavy (non-hydrogen) atoms. The summed E-state index contributed by atoms with van der Waals surface area (Å²) < 4.78 is 0. The molecule has 0 radical (unpaired) electrons. The van der Waals surface area contributed by atoms with Gasteiger partial charge in [0.05, 0.1) is 6.04 Å². The number of nitrogens with one attached hydrogen (secondary N) is 5. The zero-order valence-corrected chi connectivity index (χ0v) is 53.8. The monoisotopic (exact) mass is 1160 g/mol. The molecule has 0 spiro atoms. The summed E-state index contributed by atoms with van der Waals surface area (Å²) in [6.45, 7) is 27.9. The maximum atomic E-state index is 15.0. The smallest absolute Gasteiger partial charge is 0.319 e. The zero-order chi connectivity index (χ0) is 64.1. The van der Waals surface area contributed by atoms with Crippen LogP contribution in [0.25, 0.3) is 0 Å². The SMILES string of the molecule is C/C=C(\C(=O)N(C)[C@@](C=O)(CC(C)C)N[C@H](C(=O)N(C)[C@@H](CC(C)C)C(=O)N[C@@](C)(C=O)NC(=O)N(C)[C@@H](C(=O)N(C)[C@@H](CC(C)C)C(=O)N(C)[C@@H](C(=O)NC)C(C)C)C(C)C)C(C)C)N(C)C(=O)[C@@H](CC)NC(=O)CC[C@H](C)CC=O. The standard InChI is InChI=1S/C59H105N11O12/c1-24-42(61-46(74)27-26-41(15)28-29-71)52(77)65(18)43(25-2)54(79)70(23)59(34-73,32-37(7)8)62-47(38(9)10)55(80)66(19)44(30-35(3)4)50(75)63-58(16,33-72)64-57(82)69(22)49(40(13)14)56(81)67(20)45(31-36(5)6)53(78)68(21)48(39(11)12)51(76)60-17/h25,29,33-42,44-45,47-49,62H,24,26-28,30-32H2,1-23H3,(H,60,76)(H,61,74)(H,63,75)(H,64,82)/b43-25+/t41-,42+,44-,45-,47-,48+,49+,58+,59+/m0/s1. The van der Waals surface area contributed by atoms with E-state index in [1.807, 2.05) is 62.3 Å². The van der Waals surface area contributed by atoms with E-state index in [0.29, 0.717) is 25.4 Å². The Morgan fingerprint density at radius 3 is 1.54 bits per heavy atom. The lowest BCUT2D eigenvalue weighted by atomic mass is 9.92. The van der Waals surface area contributed by atoms with E-state index in [4.69, 9.17) is 0 Å². The van der Waals surface area contributed by atoms with Crippen molar-refractivity contribution in [3.8, 4) is 0 Å². The van der Waals surface area contributed by atoms with Gasteiger partial charge in [-0.25, -0.2) is 4.79 Å². The molecular weight excluding hydrogens is 1050 g/mol. The van der Waals surface area contributed by atoms with Crippen LogP contribution < -0.4 is 26.6 Å². The molecule has 0 heterocycles. The van der Waals surface area contributed by atoms with Crippen LogP contribution in [0, 0.1) is 41.4 Å². The second kappa shape index (κ2) is 34.4. The van der Waals surface area contributed by atoms with Gasteiger partial charge in [-0.1, -0.05) is 103 Å². The van der Waals surface area contributed by atoms with Crippen LogP contribution in [-0.2, 0) is 52.7 Å². The molecule has 0 fully saturated rings. The highest BCUT2D eigenvalue weighted by molar-refractivity contribution is 6.01. The molecule has 0 saturated carbocycles. The van der Waals surface area contributed by atoms with E-state index in [9.17, 15) is 57.5 Å². The predicted molar refractivity (Wildman–Crippen MR) is 316 cm³/mol. The summed E-state index contributed by atoms with van der Waals surface area (Å²) in [6, 6.07) is -7.47. The first kappa shape index (κ1) is 75.7. The molecule has 0 aromatic carbocycles. The maximum absolute atomic E-state index is 15.0. The van der Waals surface area contributed by atoms with Crippen molar-refractivity contribution in [1.29, 1.82) is 0 Å². The number of allylic oxidation sites excluding steroid dienone is 1. The van der Waals surface area contributed by atoms with Crippen LogP contribution >= 0.6 is 0 Å². The molecule has 23 nitrogen and oxygen atoms in total. The fraction of sp³-hybridized carbons (Fsp3) is 0.763. The highest BCUT2D eigenvalue weighted by Gasteiger charge is 2.47. The third-order valence-corrected chi connectivity index (χ3v) is 14.9. The Labute approximate surface area is 489 Å². The third-order valence-electron chi connectivity index (χ3n) is 14.9. The fourth-order valence-corrected chi connectivity index (χ4v) is 9.99. The van der Waals surface area contributed by atoms with Crippen molar-refractivity contribution in [2.75, 3.05) is 49.3 Å². The van der Waals surface area contributed by atoms with Crippen molar-refractivity contribution in [2.45, 2.75) is 203 Å². The van der Waals surface area contributed by atoms with Gasteiger partial charge in [0.1, 0.15) is 42.2 Å². The molecule has 0 aliphatic carbocycles. The highest BCUT2D eigenvalue weighted by Crippen LogP contribution is 2.27. The summed E-state index contributed by atoms with van der Waals surface area (Å²) in [4.78, 5) is 172. The number of amides is 10. The van der Waals surface area contributed by atoms with Crippen molar-refractivity contribution in [1.82, 2.24) is 56.0 Å². The summed E-state index contributed by atoms with van der Waals surface area (Å²) in [6.07, 6.45) is 4.36. The number of carbonyl (C=O) groups is 12. The first-order chi connectivity index (χ1) is 37.9. The minimum Gasteiger partial charge on any atom is -0.357 e. The van der Waals surface area contributed by atoms with Crippen molar-refractivity contribution < 1.29 is 57.5 Å². The molecule has 0 aliphatic rings. The van der Waals surface area contributed by atoms with E-state index in [1.54, 1.807) is 41.5 Å². The maximum Gasteiger partial charge on any atom is 0.319 e. The van der Waals surface area contributed by atoms with Gasteiger partial charge in [-0.05, 0) is 87.4 Å². The molecule has 0 unspecified atom stereocenters. The Kier molecular flexibility index (Phi) is 31.7. The molecule has 0 rings (SSSR count). The molecule has 10 amide bonds. The molecule has 23 heteroatoms. The summed E-state index contributed by atoms with van der Waals surface area (Å²) in [5.41, 5.74) is -4.10. The second-order valence-electron chi connectivity index (χ2n) is 24.5. The Hall–Kier alpha value is -6.26. The first-order valence-corrected chi connectivity index (χ1v) is 28.9. The molecule has 468 valence electrons. The summed E-state index contributed by atoms with van der Waals surface area (Å²) >= 11 is 0. The van der Waals surface area contributed by atoms with Gasteiger partial charge >= 0.3 is 6.03 Å². The Bertz CT molecular complexity index is 2240. The second-order valence-corrected chi connectivity index (χ2v) is 24.5. The Morgan fingerprint density at radius 1 is 0.585 bits per heavy atom. The van der Waals surface area contributed by atoms with Crippen LogP contribution in [0.2, 0.25) is 0 Å². The molecule has 0 saturated heterocycles. The van der Waals surface area contributed by atoms with E-state index in [1.165, 1.54) is 77.0 Å². The van der Waals surface area contributed by atoms with Crippen molar-refractivity contribution in [2.24, 2.45) is 41.4 Å². The average Bonchev–Trinajstić information content (AvgIpc) is 3.59. The van der Waals surface area contributed by atoms with E-state index in [2.05, 4.69) is 26.6 Å². The van der Waals surface area contributed by atoms with Crippen molar-refractivity contribution in [3.05, 3.63) is 11.8 Å². The van der Waals surface area contributed by atoms with E-state index in [0.717, 1.165) is 21.0 Å². The van der Waals surface area contributed by atoms with Crippen LogP contribution in [0.3, 0.4) is 0 Å². The van der Waals surface area contributed by atoms with Gasteiger partial charge in [-0.15, -0.1) is 0 Å². The molecule has 0 aromatic heterocycles. The van der Waals surface area contributed by atoms with Crippen LogP contribution in [-0.4, -0.2) is 198 Å². The number of hydrogen-bond acceptors (Lipinski definition) is 13. The predicted octanol–water partition coefficient (Wildman–Crippen LogP) is 3.94. The lowest BCUT2D eigenvalue weighted by Crippen LogP contribution is -2.69. The van der Waals surface area contributed by atoms with Gasteiger partial charge in [-0.2, -0.15) is 0 Å². The Balaban J connectivity index is 7.07. The number of urea groups is 1. The minimum atomic E-state index is -2.11. The number of likely N-dealkylation sites (N-methyl/N-ethyl adjacent to an activating group) is 7. The molecular formula is C59H105N11O12. The van der Waals surface area contributed by atoms with Crippen molar-refractivity contribution in [3.63, 3.8) is 0 Å².